The zero-order valence-corrected chi connectivity index (χ0v) is 15.1. The van der Waals surface area contributed by atoms with Gasteiger partial charge in [-0.2, -0.15) is 0 Å². The van der Waals surface area contributed by atoms with Crippen molar-refractivity contribution < 1.29 is 12.8 Å². The van der Waals surface area contributed by atoms with Crippen LogP contribution in [0.1, 0.15) is 43.2 Å². The molecule has 0 amide bonds. The second kappa shape index (κ2) is 8.07. The lowest BCUT2D eigenvalue weighted by Gasteiger charge is -2.12. The van der Waals surface area contributed by atoms with Crippen molar-refractivity contribution in [2.45, 2.75) is 43.9 Å². The lowest BCUT2D eigenvalue weighted by molar-refractivity contribution is 0.405. The van der Waals surface area contributed by atoms with Gasteiger partial charge in [0.2, 0.25) is 21.8 Å². The Morgan fingerprint density at radius 3 is 2.80 bits per heavy atom. The number of nitrogens with zero attached hydrogens (tertiary/aromatic N) is 2. The average Bonchev–Trinajstić information content (AvgIpc) is 3.28. The van der Waals surface area contributed by atoms with E-state index in [9.17, 15) is 8.42 Å². The zero-order valence-electron chi connectivity index (χ0n) is 14.3. The van der Waals surface area contributed by atoms with E-state index in [4.69, 9.17) is 4.42 Å². The molecule has 136 valence electrons. The summed E-state index contributed by atoms with van der Waals surface area (Å²) in [6.45, 7) is 2.77. The van der Waals surface area contributed by atoms with Crippen molar-refractivity contribution >= 4 is 10.0 Å². The highest BCUT2D eigenvalue weighted by Crippen LogP contribution is 2.25. The smallest absolute Gasteiger partial charge is 0.233 e. The SMILES string of the molecule is CCc1nnc(C2CC(S(=O)(=O)NCCCc3ccccc3)CN2)o1. The molecular formula is C17H24N4O3S. The van der Waals surface area contributed by atoms with E-state index in [-0.39, 0.29) is 6.04 Å². The van der Waals surface area contributed by atoms with Crippen molar-refractivity contribution in [3.8, 4) is 0 Å². The Labute approximate surface area is 148 Å². The molecule has 7 nitrogen and oxygen atoms in total. The molecule has 2 atom stereocenters. The summed E-state index contributed by atoms with van der Waals surface area (Å²) in [6.07, 6.45) is 2.75. The fourth-order valence-corrected chi connectivity index (χ4v) is 4.37. The molecule has 0 radical (unpaired) electrons. The van der Waals surface area contributed by atoms with Crippen LogP contribution in [0.2, 0.25) is 0 Å². The summed E-state index contributed by atoms with van der Waals surface area (Å²) >= 11 is 0. The average molecular weight is 364 g/mol. The van der Waals surface area contributed by atoms with Crippen molar-refractivity contribution in [3.05, 3.63) is 47.7 Å². The number of hydrogen-bond donors (Lipinski definition) is 2. The van der Waals surface area contributed by atoms with Crippen LogP contribution >= 0.6 is 0 Å². The van der Waals surface area contributed by atoms with Gasteiger partial charge < -0.3 is 9.73 Å². The van der Waals surface area contributed by atoms with E-state index >= 15 is 0 Å². The predicted octanol–water partition coefficient (Wildman–Crippen LogP) is 1.59. The molecule has 0 spiro atoms. The monoisotopic (exact) mass is 364 g/mol. The summed E-state index contributed by atoms with van der Waals surface area (Å²) in [5.74, 6) is 1.04. The van der Waals surface area contributed by atoms with E-state index in [1.807, 2.05) is 25.1 Å². The molecule has 1 saturated heterocycles. The highest BCUT2D eigenvalue weighted by atomic mass is 32.2. The van der Waals surface area contributed by atoms with E-state index < -0.39 is 15.3 Å². The number of aryl methyl sites for hydroxylation is 2. The first-order valence-electron chi connectivity index (χ1n) is 8.66. The van der Waals surface area contributed by atoms with Crippen molar-refractivity contribution in [1.29, 1.82) is 0 Å². The molecule has 2 unspecified atom stereocenters. The molecule has 8 heteroatoms. The van der Waals surface area contributed by atoms with Crippen LogP contribution in [0.25, 0.3) is 0 Å². The van der Waals surface area contributed by atoms with Gasteiger partial charge in [-0.1, -0.05) is 37.3 Å². The van der Waals surface area contributed by atoms with Gasteiger partial charge in [-0.25, -0.2) is 13.1 Å². The van der Waals surface area contributed by atoms with Gasteiger partial charge in [0.25, 0.3) is 0 Å². The summed E-state index contributed by atoms with van der Waals surface area (Å²) in [7, 11) is -3.36. The molecule has 1 fully saturated rings. The largest absolute Gasteiger partial charge is 0.424 e. The highest BCUT2D eigenvalue weighted by molar-refractivity contribution is 7.90. The summed E-state index contributed by atoms with van der Waals surface area (Å²) in [4.78, 5) is 0. The molecule has 2 N–H and O–H groups in total. The maximum absolute atomic E-state index is 12.5. The van der Waals surface area contributed by atoms with Crippen molar-refractivity contribution in [2.75, 3.05) is 13.1 Å². The minimum Gasteiger partial charge on any atom is -0.424 e. The first-order valence-corrected chi connectivity index (χ1v) is 10.2. The van der Waals surface area contributed by atoms with Gasteiger partial charge in [-0.05, 0) is 24.8 Å². The second-order valence-corrected chi connectivity index (χ2v) is 8.28. The Morgan fingerprint density at radius 2 is 2.08 bits per heavy atom. The third-order valence-corrected chi connectivity index (χ3v) is 6.24. The molecule has 0 bridgehead atoms. The second-order valence-electron chi connectivity index (χ2n) is 6.23. The summed E-state index contributed by atoms with van der Waals surface area (Å²) in [5, 5.41) is 10.6. The van der Waals surface area contributed by atoms with E-state index in [0.717, 1.165) is 12.8 Å². The Kier molecular flexibility index (Phi) is 5.82. The molecule has 1 aromatic carbocycles. The van der Waals surface area contributed by atoms with Crippen LogP contribution in [0.4, 0.5) is 0 Å². The highest BCUT2D eigenvalue weighted by Gasteiger charge is 2.36. The first-order chi connectivity index (χ1) is 12.1. The van der Waals surface area contributed by atoms with Crippen molar-refractivity contribution in [2.24, 2.45) is 0 Å². The number of sulfonamides is 1. The van der Waals surface area contributed by atoms with Gasteiger partial charge in [-0.15, -0.1) is 10.2 Å². The molecular weight excluding hydrogens is 340 g/mol. The van der Waals surface area contributed by atoms with Gasteiger partial charge >= 0.3 is 0 Å². The zero-order chi connectivity index (χ0) is 17.7. The molecule has 0 saturated carbocycles. The van der Waals surface area contributed by atoms with E-state index in [2.05, 4.69) is 32.4 Å². The van der Waals surface area contributed by atoms with Crippen LogP contribution in [0, 0.1) is 0 Å². The molecule has 1 aromatic heterocycles. The normalized spacial score (nSPS) is 20.8. The van der Waals surface area contributed by atoms with E-state index in [1.54, 1.807) is 0 Å². The molecule has 2 heterocycles. The Balaban J connectivity index is 1.47. The minimum absolute atomic E-state index is 0.196. The molecule has 2 aromatic rings. The minimum atomic E-state index is -3.36. The van der Waals surface area contributed by atoms with Crippen LogP contribution in [0.5, 0.6) is 0 Å². The molecule has 1 aliphatic heterocycles. The van der Waals surface area contributed by atoms with Crippen LogP contribution in [0.3, 0.4) is 0 Å². The molecule has 25 heavy (non-hydrogen) atoms. The number of rotatable bonds is 8. The molecule has 1 aliphatic rings. The van der Waals surface area contributed by atoms with Crippen molar-refractivity contribution in [1.82, 2.24) is 20.2 Å². The Hall–Kier alpha value is -1.77. The van der Waals surface area contributed by atoms with Crippen molar-refractivity contribution in [3.63, 3.8) is 0 Å². The molecule has 0 aliphatic carbocycles. The fraction of sp³-hybridized carbons (Fsp3) is 0.529. The van der Waals surface area contributed by atoms with Crippen LogP contribution < -0.4 is 10.0 Å². The van der Waals surface area contributed by atoms with Crippen LogP contribution in [-0.4, -0.2) is 37.0 Å². The standard InChI is InChI=1S/C17H24N4O3S/c1-2-16-20-21-17(24-16)15-11-14(12-18-15)25(22,23)19-10-6-9-13-7-4-3-5-8-13/h3-5,7-8,14-15,18-19H,2,6,9-12H2,1H3. The third kappa shape index (κ3) is 4.65. The van der Waals surface area contributed by atoms with Gasteiger partial charge in [0.15, 0.2) is 0 Å². The predicted molar refractivity (Wildman–Crippen MR) is 94.5 cm³/mol. The number of benzene rings is 1. The number of aromatic nitrogens is 2. The first kappa shape index (κ1) is 18.0. The maximum Gasteiger partial charge on any atom is 0.233 e. The summed E-state index contributed by atoms with van der Waals surface area (Å²) < 4.78 is 33.2. The number of nitrogens with one attached hydrogen (secondary N) is 2. The number of hydrogen-bond acceptors (Lipinski definition) is 6. The van der Waals surface area contributed by atoms with Crippen LogP contribution in [-0.2, 0) is 22.9 Å². The lowest BCUT2D eigenvalue weighted by Crippen LogP contribution is -2.36. The van der Waals surface area contributed by atoms with Crippen LogP contribution in [0.15, 0.2) is 34.7 Å². The third-order valence-electron chi connectivity index (χ3n) is 4.40. The van der Waals surface area contributed by atoms with E-state index in [1.165, 1.54) is 5.56 Å². The quantitative estimate of drug-likeness (QED) is 0.691. The van der Waals surface area contributed by atoms with E-state index in [0.29, 0.717) is 37.7 Å². The molecule has 3 rings (SSSR count). The van der Waals surface area contributed by atoms with Gasteiger partial charge in [0.1, 0.15) is 0 Å². The Bertz CT molecular complexity index is 776. The topological polar surface area (TPSA) is 97.1 Å². The van der Waals surface area contributed by atoms with Gasteiger partial charge in [0, 0.05) is 19.5 Å². The summed E-state index contributed by atoms with van der Waals surface area (Å²) in [5.41, 5.74) is 1.22. The Morgan fingerprint density at radius 1 is 1.28 bits per heavy atom. The van der Waals surface area contributed by atoms with Gasteiger partial charge in [0.05, 0.1) is 11.3 Å². The maximum atomic E-state index is 12.5. The summed E-state index contributed by atoms with van der Waals surface area (Å²) in [6, 6.07) is 9.86. The lowest BCUT2D eigenvalue weighted by atomic mass is 10.1. The fourth-order valence-electron chi connectivity index (χ4n) is 2.95. The van der Waals surface area contributed by atoms with Gasteiger partial charge in [-0.3, -0.25) is 0 Å².